The van der Waals surface area contributed by atoms with Crippen molar-refractivity contribution in [2.24, 2.45) is 0 Å². The zero-order valence-electron chi connectivity index (χ0n) is 7.23. The van der Waals surface area contributed by atoms with Gasteiger partial charge in [0, 0.05) is 5.69 Å². The minimum Gasteiger partial charge on any atom is -0.750 e. The van der Waals surface area contributed by atoms with Crippen LogP contribution in [0.2, 0.25) is 0 Å². The van der Waals surface area contributed by atoms with Crippen molar-refractivity contribution in [3.63, 3.8) is 0 Å². The topological polar surface area (TPSA) is 61.4 Å². The van der Waals surface area contributed by atoms with Crippen LogP contribution < -0.4 is 34.9 Å². The van der Waals surface area contributed by atoms with Crippen molar-refractivity contribution >= 4 is 17.0 Å². The van der Waals surface area contributed by atoms with E-state index < -0.39 is 11.4 Å². The van der Waals surface area contributed by atoms with E-state index in [9.17, 15) is 8.76 Å². The molecule has 1 aromatic rings. The third-order valence-electron chi connectivity index (χ3n) is 1.21. The van der Waals surface area contributed by atoms with E-state index in [0.717, 1.165) is 5.69 Å². The molecule has 0 saturated heterocycles. The number of rotatable bonds is 4. The Morgan fingerprint density at radius 2 is 2.00 bits per heavy atom. The quantitative estimate of drug-likeness (QED) is 0.349. The molecule has 1 atom stereocenters. The van der Waals surface area contributed by atoms with Crippen molar-refractivity contribution < 1.29 is 42.5 Å². The van der Waals surface area contributed by atoms with Crippen molar-refractivity contribution in [3.8, 4) is 0 Å². The Morgan fingerprint density at radius 1 is 1.38 bits per heavy atom. The van der Waals surface area contributed by atoms with Crippen molar-refractivity contribution in [1.82, 2.24) is 0 Å². The maximum atomic E-state index is 9.93. The predicted octanol–water partition coefficient (Wildman–Crippen LogP) is -2.13. The molecule has 0 aromatic heterocycles. The second-order valence-electron chi connectivity index (χ2n) is 2.01. The number of benzene rings is 1. The molecule has 1 N–H and O–H groups in total. The van der Waals surface area contributed by atoms with Gasteiger partial charge in [0.25, 0.3) is 0 Å². The first-order valence-corrected chi connectivity index (χ1v) is 4.30. The Bertz CT molecular complexity index is 257. The fraction of sp³-hybridized carbons (Fsp3) is 0.143. The zero-order valence-corrected chi connectivity index (χ0v) is 10.0. The Morgan fingerprint density at radius 3 is 2.54 bits per heavy atom. The van der Waals surface area contributed by atoms with Crippen LogP contribution in [0.1, 0.15) is 0 Å². The van der Waals surface area contributed by atoms with Gasteiger partial charge in [-0.05, 0) is 12.1 Å². The van der Waals surface area contributed by atoms with E-state index in [1.54, 1.807) is 0 Å². The molecule has 0 saturated carbocycles. The average molecular weight is 209 g/mol. The van der Waals surface area contributed by atoms with Crippen LogP contribution in [0.4, 0.5) is 5.69 Å². The van der Waals surface area contributed by atoms with Crippen LogP contribution in [0.5, 0.6) is 0 Å². The Labute approximate surface area is 101 Å². The molecule has 0 bridgehead atoms. The van der Waals surface area contributed by atoms with Crippen LogP contribution in [-0.2, 0) is 15.5 Å². The van der Waals surface area contributed by atoms with E-state index in [2.05, 4.69) is 9.50 Å². The predicted molar refractivity (Wildman–Crippen MR) is 44.9 cm³/mol. The minimum atomic E-state index is -2.45. The number of hydrogen-bond donors (Lipinski definition) is 1. The smallest absolute Gasteiger partial charge is 0.750 e. The van der Waals surface area contributed by atoms with Gasteiger partial charge in [0.1, 0.15) is 6.73 Å². The van der Waals surface area contributed by atoms with Gasteiger partial charge in [0.15, 0.2) is 0 Å². The monoisotopic (exact) mass is 209 g/mol. The molecular weight excluding hydrogens is 201 g/mol. The summed E-state index contributed by atoms with van der Waals surface area (Å²) >= 11 is -2.45. The first-order valence-electron chi connectivity index (χ1n) is 3.30. The van der Waals surface area contributed by atoms with Gasteiger partial charge in [-0.3, -0.25) is 4.18 Å². The fourth-order valence-electron chi connectivity index (χ4n) is 0.717. The zero-order chi connectivity index (χ0) is 8.81. The van der Waals surface area contributed by atoms with Gasteiger partial charge in [-0.15, -0.1) is 0 Å². The van der Waals surface area contributed by atoms with Crippen molar-refractivity contribution in [3.05, 3.63) is 30.3 Å². The van der Waals surface area contributed by atoms with E-state index in [1.165, 1.54) is 0 Å². The number of anilines is 1. The summed E-state index contributed by atoms with van der Waals surface area (Å²) in [5, 5.41) is 2.76. The molecule has 0 aliphatic rings. The Kier molecular flexibility index (Phi) is 7.54. The molecule has 0 spiro atoms. The van der Waals surface area contributed by atoms with Gasteiger partial charge in [0.2, 0.25) is 0 Å². The number of nitrogens with one attached hydrogen (secondary N) is 1. The molecule has 0 amide bonds. The standard InChI is InChI=1S/C7H9NO3S.Na/c9-12(10)11-6-8-7-4-2-1-3-5-7;/h1-5,8H,6H2,(H,9,10);/q;+1/p-1. The van der Waals surface area contributed by atoms with Crippen molar-refractivity contribution in [2.45, 2.75) is 0 Å². The molecule has 4 nitrogen and oxygen atoms in total. The molecule has 6 heteroatoms. The fourth-order valence-corrected chi connectivity index (χ4v) is 0.872. The molecular formula is C7H8NNaO3S. The van der Waals surface area contributed by atoms with Gasteiger partial charge in [-0.25, -0.2) is 4.21 Å². The summed E-state index contributed by atoms with van der Waals surface area (Å²) in [5.41, 5.74) is 0.822. The molecule has 1 rings (SSSR count). The Balaban J connectivity index is 0.00000144. The minimum absolute atomic E-state index is 0. The first-order chi connectivity index (χ1) is 5.79. The van der Waals surface area contributed by atoms with Crippen LogP contribution >= 0.6 is 0 Å². The maximum Gasteiger partial charge on any atom is 1.00 e. The molecule has 13 heavy (non-hydrogen) atoms. The average Bonchev–Trinajstić information content (AvgIpc) is 2.05. The van der Waals surface area contributed by atoms with Crippen LogP contribution in [0, 0.1) is 0 Å². The van der Waals surface area contributed by atoms with Crippen LogP contribution in [0.15, 0.2) is 30.3 Å². The summed E-state index contributed by atoms with van der Waals surface area (Å²) in [5.74, 6) is 0. The molecule has 66 valence electrons. The molecule has 0 aliphatic heterocycles. The van der Waals surface area contributed by atoms with Crippen LogP contribution in [0.25, 0.3) is 0 Å². The van der Waals surface area contributed by atoms with E-state index in [0.29, 0.717) is 0 Å². The summed E-state index contributed by atoms with van der Waals surface area (Å²) in [6, 6.07) is 9.19. The van der Waals surface area contributed by atoms with Crippen molar-refractivity contribution in [2.75, 3.05) is 12.0 Å². The summed E-state index contributed by atoms with van der Waals surface area (Å²) < 4.78 is 24.1. The summed E-state index contributed by atoms with van der Waals surface area (Å²) in [6.45, 7) is -0.0415. The summed E-state index contributed by atoms with van der Waals surface area (Å²) in [4.78, 5) is 0. The van der Waals surface area contributed by atoms with Gasteiger partial charge in [-0.1, -0.05) is 18.2 Å². The normalized spacial score (nSPS) is 11.5. The van der Waals surface area contributed by atoms with Gasteiger partial charge >= 0.3 is 29.6 Å². The van der Waals surface area contributed by atoms with E-state index in [1.807, 2.05) is 30.3 Å². The summed E-state index contributed by atoms with van der Waals surface area (Å²) in [7, 11) is 0. The van der Waals surface area contributed by atoms with Gasteiger partial charge < -0.3 is 9.87 Å². The van der Waals surface area contributed by atoms with E-state index in [-0.39, 0.29) is 36.3 Å². The Hall–Kier alpha value is 0.0900. The molecule has 0 aliphatic carbocycles. The third-order valence-corrected chi connectivity index (χ3v) is 1.52. The van der Waals surface area contributed by atoms with Crippen LogP contribution in [-0.4, -0.2) is 15.5 Å². The first kappa shape index (κ1) is 13.1. The van der Waals surface area contributed by atoms with Crippen molar-refractivity contribution in [1.29, 1.82) is 0 Å². The second-order valence-corrected chi connectivity index (χ2v) is 2.65. The van der Waals surface area contributed by atoms with E-state index >= 15 is 0 Å². The third kappa shape index (κ3) is 6.20. The van der Waals surface area contributed by atoms with Crippen LogP contribution in [0.3, 0.4) is 0 Å². The SMILES string of the molecule is O=S([O-])OCNc1ccccc1.[Na+]. The van der Waals surface area contributed by atoms with Gasteiger partial charge in [-0.2, -0.15) is 0 Å². The molecule has 1 unspecified atom stereocenters. The summed E-state index contributed by atoms with van der Waals surface area (Å²) in [6.07, 6.45) is 0. The van der Waals surface area contributed by atoms with E-state index in [4.69, 9.17) is 0 Å². The molecule has 0 fully saturated rings. The molecule has 0 radical (unpaired) electrons. The number of hydrogen-bond acceptors (Lipinski definition) is 4. The largest absolute Gasteiger partial charge is 1.00 e. The van der Waals surface area contributed by atoms with Gasteiger partial charge in [0.05, 0.1) is 11.4 Å². The second kappa shape index (κ2) is 7.49. The maximum absolute atomic E-state index is 9.93. The molecule has 1 aromatic carbocycles. The number of para-hydroxylation sites is 1. The molecule has 0 heterocycles.